The van der Waals surface area contributed by atoms with Crippen LogP contribution in [0.3, 0.4) is 0 Å². The predicted molar refractivity (Wildman–Crippen MR) is 121 cm³/mol. The van der Waals surface area contributed by atoms with E-state index in [1.807, 2.05) is 0 Å². The summed E-state index contributed by atoms with van der Waals surface area (Å²) in [5.74, 6) is -0.344. The lowest BCUT2D eigenvalue weighted by Crippen LogP contribution is -2.66. The summed E-state index contributed by atoms with van der Waals surface area (Å²) < 4.78 is 44.4. The van der Waals surface area contributed by atoms with Gasteiger partial charge in [-0.1, -0.05) is 12.1 Å². The maximum atomic E-state index is 13.9. The molecule has 0 aliphatic heterocycles. The summed E-state index contributed by atoms with van der Waals surface area (Å²) in [6.45, 7) is 3.86. The van der Waals surface area contributed by atoms with Gasteiger partial charge in [-0.25, -0.2) is 8.78 Å². The van der Waals surface area contributed by atoms with Crippen molar-refractivity contribution < 1.29 is 32.6 Å². The smallest absolute Gasteiger partial charge is 0.293 e. The van der Waals surface area contributed by atoms with Crippen molar-refractivity contribution in [3.05, 3.63) is 59.2 Å². The number of hydrogen-bond donors (Lipinski definition) is 1. The Morgan fingerprint density at radius 3 is 2.15 bits per heavy atom. The third-order valence-corrected chi connectivity index (χ3v) is 7.25. The van der Waals surface area contributed by atoms with Gasteiger partial charge >= 0.3 is 0 Å². The highest BCUT2D eigenvalue weighted by atomic mass is 19.1. The van der Waals surface area contributed by atoms with Crippen molar-refractivity contribution in [1.29, 1.82) is 0 Å². The second-order valence-corrected chi connectivity index (χ2v) is 9.53. The number of nitrogens with one attached hydrogen (secondary N) is 1. The van der Waals surface area contributed by atoms with Gasteiger partial charge in [0.25, 0.3) is 12.4 Å². The van der Waals surface area contributed by atoms with Crippen LogP contribution in [-0.2, 0) is 14.3 Å². The van der Waals surface area contributed by atoms with E-state index in [9.17, 15) is 18.4 Å². The molecule has 1 N–H and O–H groups in total. The van der Waals surface area contributed by atoms with Crippen LogP contribution in [0.4, 0.5) is 8.78 Å². The number of amides is 1. The summed E-state index contributed by atoms with van der Waals surface area (Å²) >= 11 is 0. The quantitative estimate of drug-likeness (QED) is 0.547. The maximum absolute atomic E-state index is 13.9. The molecule has 34 heavy (non-hydrogen) atoms. The fraction of sp³-hybridized carbons (Fsp3) is 0.462. The molecule has 0 heterocycles. The second kappa shape index (κ2) is 9.60. The lowest BCUT2D eigenvalue weighted by Gasteiger charge is -2.56. The van der Waals surface area contributed by atoms with Crippen LogP contribution in [0.25, 0.3) is 0 Å². The van der Waals surface area contributed by atoms with E-state index in [0.717, 1.165) is 12.8 Å². The fourth-order valence-corrected chi connectivity index (χ4v) is 5.02. The highest BCUT2D eigenvalue weighted by Crippen LogP contribution is 2.53. The first-order valence-corrected chi connectivity index (χ1v) is 11.4. The minimum Gasteiger partial charge on any atom is -0.493 e. The van der Waals surface area contributed by atoms with Crippen LogP contribution in [0.2, 0.25) is 0 Å². The van der Waals surface area contributed by atoms with Crippen molar-refractivity contribution in [2.75, 3.05) is 13.2 Å². The normalized spacial score (nSPS) is 25.5. The Balaban J connectivity index is 1.38. The van der Waals surface area contributed by atoms with E-state index in [4.69, 9.17) is 14.2 Å². The van der Waals surface area contributed by atoms with Gasteiger partial charge in [-0.05, 0) is 69.2 Å². The van der Waals surface area contributed by atoms with Crippen molar-refractivity contribution in [2.24, 2.45) is 5.41 Å². The van der Waals surface area contributed by atoms with Crippen molar-refractivity contribution in [3.8, 4) is 11.5 Å². The maximum Gasteiger partial charge on any atom is 0.293 e. The number of ether oxygens (including phenoxy) is 3. The summed E-state index contributed by atoms with van der Waals surface area (Å²) in [5.41, 5.74) is 0.140. The minimum atomic E-state index is -0.683. The fourth-order valence-electron chi connectivity index (χ4n) is 5.02. The Morgan fingerprint density at radius 2 is 1.59 bits per heavy atom. The first-order valence-electron chi connectivity index (χ1n) is 11.4. The van der Waals surface area contributed by atoms with Crippen molar-refractivity contribution in [2.45, 2.75) is 57.6 Å². The van der Waals surface area contributed by atoms with Crippen LogP contribution < -0.4 is 14.8 Å². The number of carbonyl (C=O) groups excluding carboxylic acids is 2. The summed E-state index contributed by atoms with van der Waals surface area (Å²) in [5, 5.41) is 3.02. The van der Waals surface area contributed by atoms with Gasteiger partial charge in [0.1, 0.15) is 29.2 Å². The molecule has 2 aromatic carbocycles. The Labute approximate surface area is 197 Å². The largest absolute Gasteiger partial charge is 0.493 e. The van der Waals surface area contributed by atoms with Crippen LogP contribution in [-0.4, -0.2) is 37.2 Å². The SMILES string of the molecule is Cc1ccc(OCC(=O)NC23CCC(COc4ccc(C)c(F)c4)(CC2)CC3OC=O)cc1F. The Morgan fingerprint density at radius 1 is 1.00 bits per heavy atom. The highest BCUT2D eigenvalue weighted by molar-refractivity contribution is 5.78. The van der Waals surface area contributed by atoms with Gasteiger partial charge in [0.15, 0.2) is 6.61 Å². The standard InChI is InChI=1S/C26H29F2NO5/c1-17-3-5-19(11-21(17)27)32-14-24(31)29-26-9-7-25(8-10-26,13-23(26)34-16-30)15-33-20-6-4-18(2)22(28)12-20/h3-6,11-12,16,23H,7-10,13-15H2,1-2H3,(H,29,31). The van der Waals surface area contributed by atoms with Crippen LogP contribution in [0, 0.1) is 30.9 Å². The molecule has 3 saturated carbocycles. The summed E-state index contributed by atoms with van der Waals surface area (Å²) in [7, 11) is 0. The Hall–Kier alpha value is -3.16. The molecule has 2 aromatic rings. The van der Waals surface area contributed by atoms with Crippen LogP contribution in [0.5, 0.6) is 11.5 Å². The molecule has 1 amide bonds. The molecular weight excluding hydrogens is 444 g/mol. The Kier molecular flexibility index (Phi) is 6.77. The zero-order valence-corrected chi connectivity index (χ0v) is 19.4. The van der Waals surface area contributed by atoms with E-state index < -0.39 is 17.5 Å². The second-order valence-electron chi connectivity index (χ2n) is 9.53. The summed E-state index contributed by atoms with van der Waals surface area (Å²) in [6, 6.07) is 9.23. The number of halogens is 2. The van der Waals surface area contributed by atoms with E-state index in [1.165, 1.54) is 12.1 Å². The van der Waals surface area contributed by atoms with Crippen LogP contribution in [0.15, 0.2) is 36.4 Å². The molecule has 0 aromatic heterocycles. The average Bonchev–Trinajstić information content (AvgIpc) is 2.82. The zero-order chi connectivity index (χ0) is 24.3. The molecule has 0 spiro atoms. The average molecular weight is 474 g/mol. The molecule has 2 bridgehead atoms. The number of aryl methyl sites for hydroxylation is 2. The van der Waals surface area contributed by atoms with Gasteiger partial charge in [0.05, 0.1) is 12.1 Å². The zero-order valence-electron chi connectivity index (χ0n) is 19.4. The first kappa shape index (κ1) is 24.0. The number of benzene rings is 2. The third kappa shape index (κ3) is 5.00. The van der Waals surface area contributed by atoms with Gasteiger partial charge < -0.3 is 19.5 Å². The summed E-state index contributed by atoms with van der Waals surface area (Å²) in [6.07, 6.45) is 2.79. The van der Waals surface area contributed by atoms with E-state index >= 15 is 0 Å². The molecule has 182 valence electrons. The molecule has 1 atom stereocenters. The van der Waals surface area contributed by atoms with Crippen molar-refractivity contribution >= 4 is 12.4 Å². The first-order chi connectivity index (χ1) is 16.2. The van der Waals surface area contributed by atoms with Crippen LogP contribution in [0.1, 0.15) is 43.2 Å². The van der Waals surface area contributed by atoms with E-state index in [0.29, 0.717) is 49.2 Å². The van der Waals surface area contributed by atoms with Crippen LogP contribution >= 0.6 is 0 Å². The van der Waals surface area contributed by atoms with Gasteiger partial charge in [-0.3, -0.25) is 9.59 Å². The molecule has 0 radical (unpaired) electrons. The monoisotopic (exact) mass is 473 g/mol. The molecule has 5 rings (SSSR count). The number of rotatable bonds is 9. The van der Waals surface area contributed by atoms with E-state index in [-0.39, 0.29) is 29.5 Å². The highest BCUT2D eigenvalue weighted by Gasteiger charge is 2.56. The Bertz CT molecular complexity index is 1070. The summed E-state index contributed by atoms with van der Waals surface area (Å²) in [4.78, 5) is 23.9. The van der Waals surface area contributed by atoms with Gasteiger partial charge in [-0.15, -0.1) is 0 Å². The molecular formula is C26H29F2NO5. The van der Waals surface area contributed by atoms with Crippen molar-refractivity contribution in [3.63, 3.8) is 0 Å². The predicted octanol–water partition coefficient (Wildman–Crippen LogP) is 4.40. The number of hydrogen-bond acceptors (Lipinski definition) is 5. The topological polar surface area (TPSA) is 73.9 Å². The lowest BCUT2D eigenvalue weighted by atomic mass is 9.56. The molecule has 3 aliphatic carbocycles. The molecule has 3 aliphatic rings. The number of fused-ring (bicyclic) bond motifs is 3. The third-order valence-electron chi connectivity index (χ3n) is 7.25. The molecule has 8 heteroatoms. The lowest BCUT2D eigenvalue weighted by molar-refractivity contribution is -0.159. The van der Waals surface area contributed by atoms with Gasteiger partial charge in [-0.2, -0.15) is 0 Å². The molecule has 3 fully saturated rings. The molecule has 6 nitrogen and oxygen atoms in total. The van der Waals surface area contributed by atoms with E-state index in [2.05, 4.69) is 5.32 Å². The van der Waals surface area contributed by atoms with Gasteiger partial charge in [0.2, 0.25) is 0 Å². The molecule has 1 unspecified atom stereocenters. The van der Waals surface area contributed by atoms with Gasteiger partial charge in [0, 0.05) is 17.5 Å². The van der Waals surface area contributed by atoms with Crippen molar-refractivity contribution in [1.82, 2.24) is 5.32 Å². The number of carbonyl (C=O) groups is 2. The minimum absolute atomic E-state index is 0.225. The molecule has 0 saturated heterocycles. The van der Waals surface area contributed by atoms with E-state index in [1.54, 1.807) is 38.1 Å².